The number of likely N-dealkylation sites (tertiary alicyclic amines) is 1. The van der Waals surface area contributed by atoms with Crippen LogP contribution in [0.5, 0.6) is 5.75 Å². The first-order chi connectivity index (χ1) is 13.1. The molecule has 0 spiro atoms. The van der Waals surface area contributed by atoms with E-state index in [1.165, 1.54) is 6.42 Å². The molecule has 0 bridgehead atoms. The van der Waals surface area contributed by atoms with E-state index < -0.39 is 0 Å². The lowest BCUT2D eigenvalue weighted by atomic mass is 10.1. The van der Waals surface area contributed by atoms with Gasteiger partial charge in [-0.15, -0.1) is 0 Å². The Labute approximate surface area is 162 Å². The molecule has 4 rings (SSSR count). The minimum Gasteiger partial charge on any atom is -0.449 e. The van der Waals surface area contributed by atoms with Crippen LogP contribution in [0.2, 0.25) is 5.02 Å². The van der Waals surface area contributed by atoms with E-state index in [2.05, 4.69) is 5.32 Å². The van der Waals surface area contributed by atoms with Crippen molar-refractivity contribution >= 4 is 35.2 Å². The number of fused-ring (bicyclic) bond motifs is 1. The standard InChI is InChI=1S/C21H19ClN2O3/c22-16-7-3-2-6-14(16)13-19-20(25)23-17-12-15(8-9-18(17)27-19)21(26)24-10-4-1-5-11-24/h2-3,6-9,12-13H,1,4-5,10-11H2,(H,23,25)/b19-13-. The van der Waals surface area contributed by atoms with E-state index in [1.807, 2.05) is 23.1 Å². The predicted molar refractivity (Wildman–Crippen MR) is 105 cm³/mol. The third kappa shape index (κ3) is 3.69. The second-order valence-electron chi connectivity index (χ2n) is 6.65. The van der Waals surface area contributed by atoms with Gasteiger partial charge in [0.05, 0.1) is 5.69 Å². The number of hydrogen-bond donors (Lipinski definition) is 1. The van der Waals surface area contributed by atoms with Crippen LogP contribution in [0.3, 0.4) is 0 Å². The van der Waals surface area contributed by atoms with Crippen molar-refractivity contribution in [3.63, 3.8) is 0 Å². The summed E-state index contributed by atoms with van der Waals surface area (Å²) in [4.78, 5) is 26.9. The molecule has 2 amide bonds. The lowest BCUT2D eigenvalue weighted by Gasteiger charge is -2.27. The fourth-order valence-electron chi connectivity index (χ4n) is 3.31. The lowest BCUT2D eigenvalue weighted by Crippen LogP contribution is -2.35. The molecule has 2 aliphatic heterocycles. The Morgan fingerprint density at radius 1 is 1.11 bits per heavy atom. The number of carbonyl (C=O) groups is 2. The number of anilines is 1. The van der Waals surface area contributed by atoms with Crippen LogP contribution in [-0.4, -0.2) is 29.8 Å². The van der Waals surface area contributed by atoms with Gasteiger partial charge < -0.3 is 15.0 Å². The highest BCUT2D eigenvalue weighted by Crippen LogP contribution is 2.33. The summed E-state index contributed by atoms with van der Waals surface area (Å²) in [5.41, 5.74) is 1.75. The van der Waals surface area contributed by atoms with Crippen LogP contribution < -0.4 is 10.1 Å². The van der Waals surface area contributed by atoms with Gasteiger partial charge in [-0.05, 0) is 55.2 Å². The molecule has 1 fully saturated rings. The van der Waals surface area contributed by atoms with Crippen molar-refractivity contribution in [1.82, 2.24) is 4.90 Å². The molecule has 2 aliphatic rings. The predicted octanol–water partition coefficient (Wildman–Crippen LogP) is 4.34. The number of rotatable bonds is 2. The van der Waals surface area contributed by atoms with Crippen molar-refractivity contribution in [1.29, 1.82) is 0 Å². The van der Waals surface area contributed by atoms with Crippen molar-refractivity contribution in [2.75, 3.05) is 18.4 Å². The Balaban J connectivity index is 1.58. The van der Waals surface area contributed by atoms with E-state index in [4.69, 9.17) is 16.3 Å². The van der Waals surface area contributed by atoms with Crippen molar-refractivity contribution in [2.45, 2.75) is 19.3 Å². The Hall–Kier alpha value is -2.79. The van der Waals surface area contributed by atoms with Crippen molar-refractivity contribution < 1.29 is 14.3 Å². The molecule has 27 heavy (non-hydrogen) atoms. The van der Waals surface area contributed by atoms with Crippen LogP contribution >= 0.6 is 11.6 Å². The summed E-state index contributed by atoms with van der Waals surface area (Å²) in [6.45, 7) is 1.56. The van der Waals surface area contributed by atoms with E-state index in [0.717, 1.165) is 25.9 Å². The molecule has 2 heterocycles. The molecule has 2 aromatic rings. The van der Waals surface area contributed by atoms with Gasteiger partial charge in [-0.3, -0.25) is 9.59 Å². The van der Waals surface area contributed by atoms with Crippen molar-refractivity contribution in [3.05, 3.63) is 64.4 Å². The van der Waals surface area contributed by atoms with Gasteiger partial charge in [-0.2, -0.15) is 0 Å². The molecule has 5 nitrogen and oxygen atoms in total. The molecule has 1 N–H and O–H groups in total. The highest BCUT2D eigenvalue weighted by molar-refractivity contribution is 6.32. The van der Waals surface area contributed by atoms with Crippen LogP contribution in [0.15, 0.2) is 48.2 Å². The van der Waals surface area contributed by atoms with E-state index in [0.29, 0.717) is 27.6 Å². The van der Waals surface area contributed by atoms with Gasteiger partial charge in [-0.25, -0.2) is 0 Å². The highest BCUT2D eigenvalue weighted by Gasteiger charge is 2.25. The van der Waals surface area contributed by atoms with Gasteiger partial charge in [0, 0.05) is 23.7 Å². The Kier molecular flexibility index (Phi) is 4.86. The molecule has 0 atom stereocenters. The van der Waals surface area contributed by atoms with Gasteiger partial charge in [0.2, 0.25) is 0 Å². The number of benzene rings is 2. The molecular weight excluding hydrogens is 364 g/mol. The number of ether oxygens (including phenoxy) is 1. The fraction of sp³-hybridized carbons (Fsp3) is 0.238. The zero-order valence-corrected chi connectivity index (χ0v) is 15.5. The maximum absolute atomic E-state index is 12.7. The maximum Gasteiger partial charge on any atom is 0.291 e. The molecule has 0 aromatic heterocycles. The fourth-order valence-corrected chi connectivity index (χ4v) is 3.50. The average molecular weight is 383 g/mol. The molecule has 0 radical (unpaired) electrons. The van der Waals surface area contributed by atoms with E-state index in [1.54, 1.807) is 30.3 Å². The number of nitrogens with zero attached hydrogens (tertiary/aromatic N) is 1. The Bertz CT molecular complexity index is 933. The van der Waals surface area contributed by atoms with E-state index >= 15 is 0 Å². The maximum atomic E-state index is 12.7. The van der Waals surface area contributed by atoms with Gasteiger partial charge in [-0.1, -0.05) is 29.8 Å². The SMILES string of the molecule is O=C1Nc2cc(C(=O)N3CCCCC3)ccc2O/C1=C\c1ccccc1Cl. The number of carbonyl (C=O) groups excluding carboxylic acids is 2. The average Bonchev–Trinajstić information content (AvgIpc) is 2.70. The van der Waals surface area contributed by atoms with Crippen molar-refractivity contribution in [2.24, 2.45) is 0 Å². The molecule has 0 unspecified atom stereocenters. The molecule has 2 aromatic carbocycles. The van der Waals surface area contributed by atoms with Crippen molar-refractivity contribution in [3.8, 4) is 5.75 Å². The molecule has 138 valence electrons. The number of piperidine rings is 1. The van der Waals surface area contributed by atoms with E-state index in [-0.39, 0.29) is 17.6 Å². The number of nitrogens with one attached hydrogen (secondary N) is 1. The summed E-state index contributed by atoms with van der Waals surface area (Å²) >= 11 is 6.15. The van der Waals surface area contributed by atoms with Gasteiger partial charge in [0.15, 0.2) is 11.5 Å². The third-order valence-corrected chi connectivity index (χ3v) is 5.10. The van der Waals surface area contributed by atoms with Gasteiger partial charge >= 0.3 is 0 Å². The Morgan fingerprint density at radius 3 is 2.67 bits per heavy atom. The first-order valence-electron chi connectivity index (χ1n) is 9.00. The van der Waals surface area contributed by atoms with Gasteiger partial charge in [0.1, 0.15) is 0 Å². The summed E-state index contributed by atoms with van der Waals surface area (Å²) in [5.74, 6) is 0.281. The second kappa shape index (κ2) is 7.45. The Morgan fingerprint density at radius 2 is 1.89 bits per heavy atom. The molecular formula is C21H19ClN2O3. The summed E-state index contributed by atoms with van der Waals surface area (Å²) in [7, 11) is 0. The smallest absolute Gasteiger partial charge is 0.291 e. The summed E-state index contributed by atoms with van der Waals surface area (Å²) in [6.07, 6.45) is 4.84. The quantitative estimate of drug-likeness (QED) is 0.786. The second-order valence-corrected chi connectivity index (χ2v) is 7.06. The van der Waals surface area contributed by atoms with Crippen LogP contribution in [0.4, 0.5) is 5.69 Å². The van der Waals surface area contributed by atoms with E-state index in [9.17, 15) is 9.59 Å². The summed E-state index contributed by atoms with van der Waals surface area (Å²) in [5, 5.41) is 3.34. The number of halogens is 1. The molecule has 0 saturated carbocycles. The molecule has 0 aliphatic carbocycles. The minimum atomic E-state index is -0.370. The number of hydrogen-bond acceptors (Lipinski definition) is 3. The zero-order valence-electron chi connectivity index (χ0n) is 14.7. The largest absolute Gasteiger partial charge is 0.449 e. The number of amides is 2. The molecule has 6 heteroatoms. The van der Waals surface area contributed by atoms with Crippen LogP contribution in [0, 0.1) is 0 Å². The minimum absolute atomic E-state index is 0.0100. The first kappa shape index (κ1) is 17.6. The topological polar surface area (TPSA) is 58.6 Å². The first-order valence-corrected chi connectivity index (χ1v) is 9.38. The van der Waals surface area contributed by atoms with Crippen LogP contribution in [-0.2, 0) is 4.79 Å². The molecule has 1 saturated heterocycles. The van der Waals surface area contributed by atoms with Gasteiger partial charge in [0.25, 0.3) is 11.8 Å². The van der Waals surface area contributed by atoms with Crippen LogP contribution in [0.25, 0.3) is 6.08 Å². The zero-order chi connectivity index (χ0) is 18.8. The summed E-state index contributed by atoms with van der Waals surface area (Å²) in [6, 6.07) is 12.3. The van der Waals surface area contributed by atoms with Crippen LogP contribution in [0.1, 0.15) is 35.2 Å². The highest BCUT2D eigenvalue weighted by atomic mass is 35.5. The monoisotopic (exact) mass is 382 g/mol. The summed E-state index contributed by atoms with van der Waals surface area (Å²) < 4.78 is 5.75. The third-order valence-electron chi connectivity index (χ3n) is 4.75. The lowest BCUT2D eigenvalue weighted by molar-refractivity contribution is -0.115. The normalized spacial score (nSPS) is 17.9.